The zero-order valence-electron chi connectivity index (χ0n) is 18.6. The van der Waals surface area contributed by atoms with E-state index in [1.807, 2.05) is 36.4 Å². The van der Waals surface area contributed by atoms with Crippen LogP contribution in [0.5, 0.6) is 0 Å². The molecule has 0 bridgehead atoms. The lowest BCUT2D eigenvalue weighted by Crippen LogP contribution is -2.28. The highest BCUT2D eigenvalue weighted by atomic mass is 31.2. The molecule has 0 saturated carbocycles. The highest BCUT2D eigenvalue weighted by molar-refractivity contribution is 7.95. The maximum atomic E-state index is 13.6. The van der Waals surface area contributed by atoms with E-state index in [9.17, 15) is 31.1 Å². The highest BCUT2D eigenvalue weighted by Crippen LogP contribution is 2.44. The SMILES string of the molecule is O=C(C=P(c1ccccc1)(c1ccccc1)c1ccccc1)c1cc(C(F)(F)F)cc(C(F)(F)F)c1. The van der Waals surface area contributed by atoms with Crippen LogP contribution in [-0.2, 0) is 12.4 Å². The van der Waals surface area contributed by atoms with E-state index in [1.54, 1.807) is 54.6 Å². The number of Topliss-reactive ketones (excluding diaryl/α,β-unsaturated/α-hetero) is 1. The van der Waals surface area contributed by atoms with Gasteiger partial charge in [0.2, 0.25) is 0 Å². The average Bonchev–Trinajstić information content (AvgIpc) is 2.87. The van der Waals surface area contributed by atoms with Crippen molar-refractivity contribution in [2.45, 2.75) is 12.4 Å². The minimum absolute atomic E-state index is 0.0186. The minimum Gasteiger partial charge on any atom is -0.289 e. The Morgan fingerprint density at radius 1 is 0.556 bits per heavy atom. The monoisotopic (exact) mass is 516 g/mol. The van der Waals surface area contributed by atoms with Gasteiger partial charge in [-0.1, -0.05) is 91.0 Å². The summed E-state index contributed by atoms with van der Waals surface area (Å²) in [4.78, 5) is 13.6. The van der Waals surface area contributed by atoms with Gasteiger partial charge in [0.05, 0.1) is 11.1 Å². The van der Waals surface area contributed by atoms with Gasteiger partial charge in [-0.05, 0) is 46.8 Å². The fraction of sp³-hybridized carbons (Fsp3) is 0.0714. The van der Waals surface area contributed by atoms with E-state index < -0.39 is 41.7 Å². The van der Waals surface area contributed by atoms with Crippen LogP contribution in [-0.4, -0.2) is 11.6 Å². The second-order valence-electron chi connectivity index (χ2n) is 8.02. The molecule has 0 radical (unpaired) electrons. The molecule has 0 N–H and O–H groups in total. The van der Waals surface area contributed by atoms with Crippen LogP contribution < -0.4 is 15.9 Å². The summed E-state index contributed by atoms with van der Waals surface area (Å²) >= 11 is 0. The van der Waals surface area contributed by atoms with Crippen LogP contribution in [0.25, 0.3) is 0 Å². The molecule has 0 aromatic heterocycles. The topological polar surface area (TPSA) is 17.1 Å². The number of alkyl halides is 6. The first-order valence-electron chi connectivity index (χ1n) is 10.8. The van der Waals surface area contributed by atoms with E-state index in [0.717, 1.165) is 15.9 Å². The molecule has 0 aliphatic rings. The van der Waals surface area contributed by atoms with Crippen LogP contribution >= 0.6 is 6.89 Å². The van der Waals surface area contributed by atoms with Crippen LogP contribution in [0, 0.1) is 0 Å². The number of carbonyl (C=O) groups excluding carboxylic acids is 1. The van der Waals surface area contributed by atoms with Crippen LogP contribution in [0.2, 0.25) is 0 Å². The van der Waals surface area contributed by atoms with Crippen LogP contribution in [0.4, 0.5) is 26.3 Å². The molecule has 1 nitrogen and oxygen atoms in total. The first-order chi connectivity index (χ1) is 17.0. The lowest BCUT2D eigenvalue weighted by molar-refractivity contribution is -0.143. The van der Waals surface area contributed by atoms with Gasteiger partial charge in [0, 0.05) is 5.56 Å². The van der Waals surface area contributed by atoms with Crippen molar-refractivity contribution < 1.29 is 31.1 Å². The second kappa shape index (κ2) is 9.82. The molecule has 4 aromatic rings. The molecule has 0 saturated heterocycles. The molecule has 36 heavy (non-hydrogen) atoms. The minimum atomic E-state index is -5.05. The van der Waals surface area contributed by atoms with Crippen LogP contribution in [0.3, 0.4) is 0 Å². The molecule has 4 rings (SSSR count). The first-order valence-corrected chi connectivity index (χ1v) is 12.6. The van der Waals surface area contributed by atoms with Gasteiger partial charge in [-0.2, -0.15) is 26.3 Å². The summed E-state index contributed by atoms with van der Waals surface area (Å²) in [5.41, 5.74) is -3.74. The van der Waals surface area contributed by atoms with Gasteiger partial charge in [0.1, 0.15) is 0 Å². The molecule has 184 valence electrons. The standard InChI is InChI=1S/C28H19F6OP/c29-27(30,31)21-16-20(17-22(18-21)28(32,33)34)26(35)19-36(23-10-4-1-5-11-23,24-12-6-2-7-13-24)25-14-8-3-9-15-25/h1-19H. The van der Waals surface area contributed by atoms with E-state index in [0.29, 0.717) is 12.1 Å². The smallest absolute Gasteiger partial charge is 0.289 e. The Bertz CT molecular complexity index is 1270. The van der Waals surface area contributed by atoms with Crippen molar-refractivity contribution in [3.63, 3.8) is 0 Å². The van der Waals surface area contributed by atoms with E-state index in [1.165, 1.54) is 5.80 Å². The third-order valence-electron chi connectivity index (χ3n) is 5.67. The summed E-state index contributed by atoms with van der Waals surface area (Å²) in [5, 5.41) is 2.20. The molecular weight excluding hydrogens is 497 g/mol. The van der Waals surface area contributed by atoms with Gasteiger partial charge in [0.25, 0.3) is 0 Å². The molecule has 0 spiro atoms. The molecule has 0 aliphatic carbocycles. The number of hydrogen-bond donors (Lipinski definition) is 0. The van der Waals surface area contributed by atoms with Gasteiger partial charge in [-0.25, -0.2) is 0 Å². The Labute approximate surface area is 204 Å². The van der Waals surface area contributed by atoms with Crippen molar-refractivity contribution >= 4 is 34.4 Å². The van der Waals surface area contributed by atoms with Gasteiger partial charge < -0.3 is 0 Å². The quantitative estimate of drug-likeness (QED) is 0.164. The number of hydrogen-bond acceptors (Lipinski definition) is 1. The molecule has 0 heterocycles. The summed E-state index contributed by atoms with van der Waals surface area (Å²) in [6.07, 6.45) is -10.1. The van der Waals surface area contributed by atoms with Crippen LogP contribution in [0.15, 0.2) is 109 Å². The third-order valence-corrected chi connectivity index (χ3v) is 9.63. The summed E-state index contributed by atoms with van der Waals surface area (Å²) in [7, 11) is 0. The summed E-state index contributed by atoms with van der Waals surface area (Å²) in [5.74, 6) is 0.388. The van der Waals surface area contributed by atoms with E-state index in [-0.39, 0.29) is 6.07 Å². The molecule has 0 fully saturated rings. The zero-order valence-corrected chi connectivity index (χ0v) is 19.5. The highest BCUT2D eigenvalue weighted by Gasteiger charge is 2.37. The lowest BCUT2D eigenvalue weighted by Gasteiger charge is -2.28. The van der Waals surface area contributed by atoms with Gasteiger partial charge in [-0.15, -0.1) is 0 Å². The third kappa shape index (κ3) is 5.17. The number of carbonyl (C=O) groups is 1. The largest absolute Gasteiger partial charge is 0.416 e. The molecule has 8 heteroatoms. The predicted molar refractivity (Wildman–Crippen MR) is 132 cm³/mol. The Hall–Kier alpha value is -3.57. The van der Waals surface area contributed by atoms with E-state index >= 15 is 0 Å². The Morgan fingerprint density at radius 2 is 0.889 bits per heavy atom. The fourth-order valence-corrected chi connectivity index (χ4v) is 7.78. The van der Waals surface area contributed by atoms with Crippen LogP contribution in [0.1, 0.15) is 21.5 Å². The summed E-state index contributed by atoms with van der Waals surface area (Å²) < 4.78 is 80.7. The molecule has 4 aromatic carbocycles. The van der Waals surface area contributed by atoms with Crippen molar-refractivity contribution in [3.8, 4) is 0 Å². The van der Waals surface area contributed by atoms with Crippen molar-refractivity contribution in [1.82, 2.24) is 0 Å². The van der Waals surface area contributed by atoms with Gasteiger partial charge in [0.15, 0.2) is 5.78 Å². The maximum absolute atomic E-state index is 13.6. The number of rotatable bonds is 5. The van der Waals surface area contributed by atoms with E-state index in [4.69, 9.17) is 0 Å². The zero-order chi connectivity index (χ0) is 26.0. The Morgan fingerprint density at radius 3 is 1.19 bits per heavy atom. The first kappa shape index (κ1) is 25.5. The predicted octanol–water partition coefficient (Wildman–Crippen LogP) is 6.70. The summed E-state index contributed by atoms with van der Waals surface area (Å²) in [6.45, 7) is -2.92. The fourth-order valence-electron chi connectivity index (χ4n) is 4.01. The molecular formula is C28H19F6OP. The van der Waals surface area contributed by atoms with Crippen molar-refractivity contribution in [2.24, 2.45) is 0 Å². The Balaban J connectivity index is 2.06. The summed E-state index contributed by atoms with van der Waals surface area (Å²) in [6, 6.07) is 27.9. The van der Waals surface area contributed by atoms with Crippen molar-refractivity contribution in [3.05, 3.63) is 126 Å². The molecule has 0 amide bonds. The van der Waals surface area contributed by atoms with Crippen molar-refractivity contribution in [2.75, 3.05) is 0 Å². The number of halogens is 6. The van der Waals surface area contributed by atoms with Gasteiger partial charge in [-0.3, -0.25) is 4.79 Å². The molecule has 0 aliphatic heterocycles. The number of benzene rings is 4. The normalized spacial score (nSPS) is 12.3. The number of ketones is 1. The lowest BCUT2D eigenvalue weighted by atomic mass is 10.0. The molecule has 0 atom stereocenters. The van der Waals surface area contributed by atoms with Gasteiger partial charge >= 0.3 is 12.4 Å². The maximum Gasteiger partial charge on any atom is 0.416 e. The average molecular weight is 516 g/mol. The molecule has 0 unspecified atom stereocenters. The Kier molecular flexibility index (Phi) is 6.96. The van der Waals surface area contributed by atoms with Crippen molar-refractivity contribution in [1.29, 1.82) is 0 Å². The van der Waals surface area contributed by atoms with E-state index in [2.05, 4.69) is 0 Å². The second-order valence-corrected chi connectivity index (χ2v) is 11.3.